The summed E-state index contributed by atoms with van der Waals surface area (Å²) in [4.78, 5) is 11.9. The van der Waals surface area contributed by atoms with Crippen molar-refractivity contribution >= 4 is 44.8 Å². The fraction of sp³-hybridized carbons (Fsp3) is 0.188. The highest BCUT2D eigenvalue weighted by Gasteiger charge is 2.14. The molecular formula is C16H16Cl2N2O4S. The van der Waals surface area contributed by atoms with Crippen LogP contribution in [-0.2, 0) is 20.6 Å². The first-order valence-corrected chi connectivity index (χ1v) is 9.54. The van der Waals surface area contributed by atoms with Gasteiger partial charge < -0.3 is 10.1 Å². The van der Waals surface area contributed by atoms with Crippen LogP contribution in [0.25, 0.3) is 0 Å². The number of methoxy groups -OCH3 is 1. The molecule has 0 aliphatic carbocycles. The Balaban J connectivity index is 1.93. The summed E-state index contributed by atoms with van der Waals surface area (Å²) in [7, 11) is -2.21. The highest BCUT2D eigenvalue weighted by molar-refractivity contribution is 7.88. The van der Waals surface area contributed by atoms with Gasteiger partial charge in [0.2, 0.25) is 15.9 Å². The van der Waals surface area contributed by atoms with E-state index < -0.39 is 22.5 Å². The molecule has 0 saturated heterocycles. The summed E-state index contributed by atoms with van der Waals surface area (Å²) in [6, 6.07) is 11.2. The van der Waals surface area contributed by atoms with Crippen molar-refractivity contribution < 1.29 is 17.9 Å². The molecule has 134 valence electrons. The number of ether oxygens (including phenoxy) is 1. The first-order valence-electron chi connectivity index (χ1n) is 7.13. The molecule has 0 bridgehead atoms. The van der Waals surface area contributed by atoms with Gasteiger partial charge in [0.25, 0.3) is 0 Å². The van der Waals surface area contributed by atoms with Crippen LogP contribution in [0, 0.1) is 0 Å². The number of amides is 1. The minimum Gasteiger partial charge on any atom is -0.497 e. The van der Waals surface area contributed by atoms with E-state index in [1.807, 2.05) is 0 Å². The van der Waals surface area contributed by atoms with Crippen LogP contribution >= 0.6 is 23.2 Å². The SMILES string of the molecule is COc1cccc(NC(=O)CNS(=O)(=O)Cc2cc(Cl)cc(Cl)c2)c1. The van der Waals surface area contributed by atoms with Crippen molar-refractivity contribution in [3.63, 3.8) is 0 Å². The fourth-order valence-corrected chi connectivity index (χ4v) is 3.68. The van der Waals surface area contributed by atoms with Gasteiger partial charge in [-0.05, 0) is 35.9 Å². The number of carbonyl (C=O) groups excluding carboxylic acids is 1. The minimum absolute atomic E-state index is 0.334. The van der Waals surface area contributed by atoms with Gasteiger partial charge in [-0.15, -0.1) is 0 Å². The maximum absolute atomic E-state index is 12.1. The first-order chi connectivity index (χ1) is 11.8. The monoisotopic (exact) mass is 402 g/mol. The Bertz CT molecular complexity index is 852. The van der Waals surface area contributed by atoms with Gasteiger partial charge in [0.05, 0.1) is 19.4 Å². The summed E-state index contributed by atoms with van der Waals surface area (Å²) >= 11 is 11.7. The molecule has 1 amide bonds. The molecule has 0 unspecified atom stereocenters. The molecule has 0 radical (unpaired) electrons. The van der Waals surface area contributed by atoms with Crippen LogP contribution in [0.3, 0.4) is 0 Å². The van der Waals surface area contributed by atoms with Crippen LogP contribution in [0.4, 0.5) is 5.69 Å². The van der Waals surface area contributed by atoms with Gasteiger partial charge in [0.15, 0.2) is 0 Å². The number of sulfonamides is 1. The lowest BCUT2D eigenvalue weighted by Gasteiger charge is -2.09. The zero-order chi connectivity index (χ0) is 18.4. The summed E-state index contributed by atoms with van der Waals surface area (Å²) in [5.74, 6) is -0.253. The number of hydrogen-bond acceptors (Lipinski definition) is 4. The van der Waals surface area contributed by atoms with Gasteiger partial charge in [0, 0.05) is 21.8 Å². The molecule has 0 aromatic heterocycles. The fourth-order valence-electron chi connectivity index (χ4n) is 2.05. The van der Waals surface area contributed by atoms with Crippen LogP contribution < -0.4 is 14.8 Å². The zero-order valence-electron chi connectivity index (χ0n) is 13.3. The predicted octanol–water partition coefficient (Wildman–Crippen LogP) is 3.06. The van der Waals surface area contributed by atoms with E-state index in [-0.39, 0.29) is 5.75 Å². The molecule has 0 spiro atoms. The van der Waals surface area contributed by atoms with E-state index in [9.17, 15) is 13.2 Å². The topological polar surface area (TPSA) is 84.5 Å². The van der Waals surface area contributed by atoms with Crippen LogP contribution in [-0.4, -0.2) is 28.0 Å². The smallest absolute Gasteiger partial charge is 0.239 e. The molecule has 2 aromatic carbocycles. The van der Waals surface area contributed by atoms with Crippen molar-refractivity contribution in [2.75, 3.05) is 19.0 Å². The van der Waals surface area contributed by atoms with Gasteiger partial charge in [-0.2, -0.15) is 0 Å². The second-order valence-electron chi connectivity index (χ2n) is 5.14. The summed E-state index contributed by atoms with van der Waals surface area (Å²) in [6.45, 7) is -0.395. The van der Waals surface area contributed by atoms with E-state index in [1.165, 1.54) is 25.3 Å². The largest absolute Gasteiger partial charge is 0.497 e. The number of anilines is 1. The lowest BCUT2D eigenvalue weighted by Crippen LogP contribution is -2.33. The third kappa shape index (κ3) is 6.55. The van der Waals surface area contributed by atoms with E-state index >= 15 is 0 Å². The summed E-state index contributed by atoms with van der Waals surface area (Å²) in [5.41, 5.74) is 0.934. The molecule has 25 heavy (non-hydrogen) atoms. The molecule has 0 fully saturated rings. The molecule has 0 aliphatic heterocycles. The Morgan fingerprint density at radius 1 is 1.12 bits per heavy atom. The van der Waals surface area contributed by atoms with Crippen LogP contribution in [0.15, 0.2) is 42.5 Å². The highest BCUT2D eigenvalue weighted by Crippen LogP contribution is 2.20. The van der Waals surface area contributed by atoms with Gasteiger partial charge in [-0.3, -0.25) is 4.79 Å². The summed E-state index contributed by atoms with van der Waals surface area (Å²) in [6.07, 6.45) is 0. The van der Waals surface area contributed by atoms with E-state index in [0.29, 0.717) is 27.0 Å². The van der Waals surface area contributed by atoms with Gasteiger partial charge >= 0.3 is 0 Å². The average molecular weight is 403 g/mol. The van der Waals surface area contributed by atoms with Gasteiger partial charge in [-0.1, -0.05) is 29.3 Å². The number of halogens is 2. The molecule has 2 rings (SSSR count). The van der Waals surface area contributed by atoms with Crippen molar-refractivity contribution in [1.29, 1.82) is 0 Å². The number of carbonyl (C=O) groups is 1. The third-order valence-corrected chi connectivity index (χ3v) is 4.82. The number of hydrogen-bond donors (Lipinski definition) is 2. The second kappa shape index (κ2) is 8.53. The van der Waals surface area contributed by atoms with E-state index in [4.69, 9.17) is 27.9 Å². The quantitative estimate of drug-likeness (QED) is 0.744. The van der Waals surface area contributed by atoms with Gasteiger partial charge in [0.1, 0.15) is 5.75 Å². The zero-order valence-corrected chi connectivity index (χ0v) is 15.6. The summed E-state index contributed by atoms with van der Waals surface area (Å²) < 4.78 is 31.5. The Morgan fingerprint density at radius 2 is 1.80 bits per heavy atom. The lowest BCUT2D eigenvalue weighted by molar-refractivity contribution is -0.115. The average Bonchev–Trinajstić information content (AvgIpc) is 2.52. The van der Waals surface area contributed by atoms with Crippen LogP contribution in [0.2, 0.25) is 10.0 Å². The molecule has 2 aromatic rings. The highest BCUT2D eigenvalue weighted by atomic mass is 35.5. The van der Waals surface area contributed by atoms with E-state index in [0.717, 1.165) is 0 Å². The second-order valence-corrected chi connectivity index (χ2v) is 7.82. The van der Waals surface area contributed by atoms with Crippen molar-refractivity contribution in [2.45, 2.75) is 5.75 Å². The van der Waals surface area contributed by atoms with Crippen LogP contribution in [0.5, 0.6) is 5.75 Å². The maximum atomic E-state index is 12.1. The third-order valence-electron chi connectivity index (χ3n) is 3.09. The van der Waals surface area contributed by atoms with E-state index in [2.05, 4.69) is 10.0 Å². The normalized spacial score (nSPS) is 11.2. The Labute approximate surface area is 156 Å². The number of rotatable bonds is 7. The first kappa shape index (κ1) is 19.5. The minimum atomic E-state index is -3.72. The van der Waals surface area contributed by atoms with Crippen molar-refractivity contribution in [3.05, 3.63) is 58.1 Å². The molecule has 9 heteroatoms. The van der Waals surface area contributed by atoms with Crippen molar-refractivity contribution in [2.24, 2.45) is 0 Å². The molecule has 0 heterocycles. The Morgan fingerprint density at radius 3 is 2.44 bits per heavy atom. The standard InChI is InChI=1S/C16H16Cl2N2O4S/c1-24-15-4-2-3-14(8-15)20-16(21)9-19-25(22,23)10-11-5-12(17)7-13(18)6-11/h2-8,19H,9-10H2,1H3,(H,20,21). The Kier molecular flexibility index (Phi) is 6.66. The summed E-state index contributed by atoms with van der Waals surface area (Å²) in [5, 5.41) is 3.27. The van der Waals surface area contributed by atoms with E-state index in [1.54, 1.807) is 24.3 Å². The molecule has 0 atom stereocenters. The molecular weight excluding hydrogens is 387 g/mol. The maximum Gasteiger partial charge on any atom is 0.239 e. The van der Waals surface area contributed by atoms with Gasteiger partial charge in [-0.25, -0.2) is 13.1 Å². The molecule has 6 nitrogen and oxygen atoms in total. The number of nitrogens with one attached hydrogen (secondary N) is 2. The van der Waals surface area contributed by atoms with Crippen LogP contribution in [0.1, 0.15) is 5.56 Å². The number of benzene rings is 2. The predicted molar refractivity (Wildman–Crippen MR) is 98.7 cm³/mol. The molecule has 0 saturated carbocycles. The van der Waals surface area contributed by atoms with Crippen molar-refractivity contribution in [3.8, 4) is 5.75 Å². The Hall–Kier alpha value is -1.80. The molecule has 0 aliphatic rings. The molecule has 2 N–H and O–H groups in total. The van der Waals surface area contributed by atoms with Crippen molar-refractivity contribution in [1.82, 2.24) is 4.72 Å². The lowest BCUT2D eigenvalue weighted by atomic mass is 10.2.